The van der Waals surface area contributed by atoms with Crippen molar-refractivity contribution in [1.29, 1.82) is 0 Å². The van der Waals surface area contributed by atoms with E-state index in [0.717, 1.165) is 95.8 Å². The Hall–Kier alpha value is -1.94. The maximum Gasteiger partial charge on any atom is 0.472 e. The van der Waals surface area contributed by atoms with Gasteiger partial charge in [-0.3, -0.25) is 37.3 Å². The molecule has 3 N–H and O–H groups in total. The maximum atomic E-state index is 13.1. The lowest BCUT2D eigenvalue weighted by atomic mass is 10.0. The van der Waals surface area contributed by atoms with Crippen molar-refractivity contribution in [3.8, 4) is 0 Å². The van der Waals surface area contributed by atoms with Gasteiger partial charge in [0.05, 0.1) is 26.4 Å². The Morgan fingerprint density at radius 2 is 0.451 bits per heavy atom. The van der Waals surface area contributed by atoms with Crippen molar-refractivity contribution in [3.05, 3.63) is 0 Å². The van der Waals surface area contributed by atoms with Gasteiger partial charge in [0, 0.05) is 25.7 Å². The summed E-state index contributed by atoms with van der Waals surface area (Å²) in [6.45, 7) is 7.37. The van der Waals surface area contributed by atoms with Gasteiger partial charge in [-0.05, 0) is 31.6 Å². The molecule has 0 aromatic heterocycles. The molecule has 0 fully saturated rings. The van der Waals surface area contributed by atoms with Gasteiger partial charge in [0.25, 0.3) is 0 Å². The number of rotatable bonds is 83. The zero-order valence-corrected chi connectivity index (χ0v) is 68.5. The molecule has 2 unspecified atom stereocenters. The summed E-state index contributed by atoms with van der Waals surface area (Å²) in [5, 5.41) is 10.6. The second-order valence-electron chi connectivity index (χ2n) is 30.3. The molecule has 0 aliphatic carbocycles. The number of unbranched alkanes of at least 4 members (excludes halogenated alkanes) is 55. The fourth-order valence-electron chi connectivity index (χ4n) is 12.9. The van der Waals surface area contributed by atoms with Crippen LogP contribution in [0.15, 0.2) is 0 Å². The van der Waals surface area contributed by atoms with Gasteiger partial charge in [0.2, 0.25) is 0 Å². The molecular formula is C83H162O17P2. The molecule has 0 rings (SSSR count). The predicted molar refractivity (Wildman–Crippen MR) is 418 cm³/mol. The van der Waals surface area contributed by atoms with E-state index in [1.165, 1.54) is 270 Å². The van der Waals surface area contributed by atoms with E-state index in [-0.39, 0.29) is 25.7 Å². The Morgan fingerprint density at radius 3 is 0.667 bits per heavy atom. The minimum absolute atomic E-state index is 0.108. The summed E-state index contributed by atoms with van der Waals surface area (Å²) in [6, 6.07) is 0. The first-order chi connectivity index (χ1) is 49.5. The molecule has 0 aromatic carbocycles. The third-order valence-electron chi connectivity index (χ3n) is 19.5. The molecule has 0 radical (unpaired) electrons. The molecule has 0 aromatic rings. The molecule has 19 heteroatoms. The van der Waals surface area contributed by atoms with E-state index in [9.17, 15) is 43.2 Å². The molecule has 0 amide bonds. The van der Waals surface area contributed by atoms with Crippen molar-refractivity contribution >= 4 is 39.5 Å². The van der Waals surface area contributed by atoms with Crippen molar-refractivity contribution in [2.45, 2.75) is 464 Å². The maximum absolute atomic E-state index is 13.1. The Morgan fingerprint density at radius 1 is 0.265 bits per heavy atom. The Balaban J connectivity index is 5.22. The molecule has 0 aliphatic rings. The molecule has 0 heterocycles. The van der Waals surface area contributed by atoms with Gasteiger partial charge in [-0.2, -0.15) is 0 Å². The fraction of sp³-hybridized carbons (Fsp3) is 0.952. The van der Waals surface area contributed by atoms with Gasteiger partial charge >= 0.3 is 39.5 Å². The molecule has 0 saturated carbocycles. The number of carbonyl (C=O) groups excluding carboxylic acids is 4. The van der Waals surface area contributed by atoms with Crippen molar-refractivity contribution in [2.75, 3.05) is 39.6 Å². The summed E-state index contributed by atoms with van der Waals surface area (Å²) in [7, 11) is -9.92. The van der Waals surface area contributed by atoms with Crippen LogP contribution in [0.2, 0.25) is 0 Å². The topological polar surface area (TPSA) is 237 Å². The van der Waals surface area contributed by atoms with E-state index in [1.807, 2.05) is 0 Å². The normalized spacial score (nSPS) is 13.8. The monoisotopic (exact) mass is 1490 g/mol. The van der Waals surface area contributed by atoms with E-state index < -0.39 is 97.5 Å². The first kappa shape index (κ1) is 100. The SMILES string of the molecule is CCCCCCCCCCCCCCCCCCCCCCCC(=O)O[C@H](COC(=O)CCCCCCCCCCCCCCCCCC(C)C)COP(=O)(O)OC[C@@H](O)COP(=O)(O)OC[C@@H](COC(=O)CCCCCCCCCCCCC)OC(=O)CCCCCCCCCCCCCC. The van der Waals surface area contributed by atoms with Crippen LogP contribution < -0.4 is 0 Å². The molecular weight excluding hydrogens is 1330 g/mol. The van der Waals surface area contributed by atoms with E-state index in [1.54, 1.807) is 0 Å². The van der Waals surface area contributed by atoms with Crippen LogP contribution in [-0.2, 0) is 65.4 Å². The average Bonchev–Trinajstić information content (AvgIpc) is 0.916. The van der Waals surface area contributed by atoms with Crippen LogP contribution in [0.5, 0.6) is 0 Å². The molecule has 0 aliphatic heterocycles. The highest BCUT2D eigenvalue weighted by Gasteiger charge is 2.30. The van der Waals surface area contributed by atoms with E-state index >= 15 is 0 Å². The zero-order chi connectivity index (χ0) is 74.8. The third-order valence-corrected chi connectivity index (χ3v) is 21.4. The van der Waals surface area contributed by atoms with Crippen LogP contribution in [0, 0.1) is 5.92 Å². The van der Waals surface area contributed by atoms with E-state index in [0.29, 0.717) is 25.7 Å². The number of ether oxygens (including phenoxy) is 4. The Bertz CT molecular complexity index is 1940. The second-order valence-corrected chi connectivity index (χ2v) is 33.3. The number of aliphatic hydroxyl groups excluding tert-OH is 1. The molecule has 17 nitrogen and oxygen atoms in total. The number of phosphoric acid groups is 2. The Labute approximate surface area is 626 Å². The van der Waals surface area contributed by atoms with Gasteiger partial charge in [-0.1, -0.05) is 394 Å². The van der Waals surface area contributed by atoms with Crippen molar-refractivity contribution in [1.82, 2.24) is 0 Å². The number of phosphoric ester groups is 2. The largest absolute Gasteiger partial charge is 0.472 e. The van der Waals surface area contributed by atoms with Gasteiger partial charge in [-0.15, -0.1) is 0 Å². The molecule has 0 saturated heterocycles. The number of hydrogen-bond acceptors (Lipinski definition) is 15. The van der Waals surface area contributed by atoms with E-state index in [4.69, 9.17) is 37.0 Å². The first-order valence-electron chi connectivity index (χ1n) is 43.1. The van der Waals surface area contributed by atoms with Crippen LogP contribution >= 0.6 is 15.6 Å². The third kappa shape index (κ3) is 76.3. The van der Waals surface area contributed by atoms with Crippen molar-refractivity contribution in [3.63, 3.8) is 0 Å². The van der Waals surface area contributed by atoms with E-state index in [2.05, 4.69) is 34.6 Å². The average molecular weight is 1490 g/mol. The lowest BCUT2D eigenvalue weighted by Gasteiger charge is -2.21. The van der Waals surface area contributed by atoms with Crippen molar-refractivity contribution < 1.29 is 80.2 Å². The highest BCUT2D eigenvalue weighted by atomic mass is 31.2. The number of hydrogen-bond donors (Lipinski definition) is 3. The predicted octanol–water partition coefficient (Wildman–Crippen LogP) is 25.2. The molecule has 0 spiro atoms. The van der Waals surface area contributed by atoms with Crippen LogP contribution in [0.1, 0.15) is 446 Å². The summed E-state index contributed by atoms with van der Waals surface area (Å²) in [5.41, 5.74) is 0. The highest BCUT2D eigenvalue weighted by Crippen LogP contribution is 2.45. The van der Waals surface area contributed by atoms with Crippen LogP contribution in [-0.4, -0.2) is 96.7 Å². The zero-order valence-electron chi connectivity index (χ0n) is 66.8. The van der Waals surface area contributed by atoms with Gasteiger partial charge in [0.1, 0.15) is 19.3 Å². The van der Waals surface area contributed by atoms with Gasteiger partial charge in [-0.25, -0.2) is 9.13 Å². The van der Waals surface area contributed by atoms with Crippen LogP contribution in [0.3, 0.4) is 0 Å². The second kappa shape index (κ2) is 75.9. The molecule has 0 bridgehead atoms. The van der Waals surface area contributed by atoms with Gasteiger partial charge < -0.3 is 33.8 Å². The summed E-state index contributed by atoms with van der Waals surface area (Å²) >= 11 is 0. The quantitative estimate of drug-likeness (QED) is 0.0222. The minimum atomic E-state index is -4.96. The first-order valence-corrected chi connectivity index (χ1v) is 46.1. The number of carbonyl (C=O) groups is 4. The Kier molecular flexibility index (Phi) is 74.4. The number of esters is 4. The molecule has 102 heavy (non-hydrogen) atoms. The highest BCUT2D eigenvalue weighted by molar-refractivity contribution is 7.47. The smallest absolute Gasteiger partial charge is 0.462 e. The lowest BCUT2D eigenvalue weighted by molar-refractivity contribution is -0.161. The summed E-state index contributed by atoms with van der Waals surface area (Å²) in [4.78, 5) is 73.1. The van der Waals surface area contributed by atoms with Gasteiger partial charge in [0.15, 0.2) is 12.2 Å². The van der Waals surface area contributed by atoms with Crippen LogP contribution in [0.4, 0.5) is 0 Å². The van der Waals surface area contributed by atoms with Crippen molar-refractivity contribution in [2.24, 2.45) is 5.92 Å². The summed E-state index contributed by atoms with van der Waals surface area (Å²) < 4.78 is 68.8. The summed E-state index contributed by atoms with van der Waals surface area (Å²) in [5.74, 6) is -1.30. The number of aliphatic hydroxyl groups is 1. The molecule has 606 valence electrons. The minimum Gasteiger partial charge on any atom is -0.462 e. The lowest BCUT2D eigenvalue weighted by Crippen LogP contribution is -2.30. The standard InChI is InChI=1S/C83H162O17P2/c1-6-9-12-15-18-21-24-26-27-28-29-30-31-32-35-39-44-49-54-59-64-69-83(88)100-79(73-94-81(86)67-62-57-52-47-43-38-36-33-34-37-41-45-50-55-60-65-76(4)5)75-98-102(91,92)96-71-77(84)70-95-101(89,90)97-74-78(72-93-80(85)66-61-56-51-46-40-23-20-17-14-11-8-3)99-82(87)68-63-58-53-48-42-25-22-19-16-13-10-7-2/h76-79,84H,6-75H2,1-5H3,(H,89,90)(H,91,92)/t77-,78+,79+/m0/s1. The molecule has 5 atom stereocenters. The fourth-order valence-corrected chi connectivity index (χ4v) is 14.5. The summed E-state index contributed by atoms with van der Waals surface area (Å²) in [6.07, 6.45) is 68.0. The van der Waals surface area contributed by atoms with Crippen LogP contribution in [0.25, 0.3) is 0 Å².